The lowest BCUT2D eigenvalue weighted by Crippen LogP contribution is -2.17. The van der Waals surface area contributed by atoms with Crippen LogP contribution in [0.5, 0.6) is 0 Å². The lowest BCUT2D eigenvalue weighted by Gasteiger charge is -2.05. The van der Waals surface area contributed by atoms with Crippen LogP contribution in [0.25, 0.3) is 0 Å². The molecule has 1 aromatic rings. The molecule has 0 radical (unpaired) electrons. The molecule has 0 aliphatic heterocycles. The molecule has 1 aliphatic carbocycles. The number of hydrogen-bond acceptors (Lipinski definition) is 2. The molecule has 0 atom stereocenters. The van der Waals surface area contributed by atoms with E-state index in [1.807, 2.05) is 0 Å². The van der Waals surface area contributed by atoms with Crippen LogP contribution in [0.3, 0.4) is 0 Å². The van der Waals surface area contributed by atoms with E-state index in [4.69, 9.17) is 5.26 Å². The maximum atomic E-state index is 12.9. The molecule has 1 fully saturated rings. The third-order valence-corrected chi connectivity index (χ3v) is 2.63. The van der Waals surface area contributed by atoms with E-state index in [2.05, 4.69) is 11.4 Å². The average molecular weight is 204 g/mol. The largest absolute Gasteiger partial charge is 0.312 e. The van der Waals surface area contributed by atoms with Crippen LogP contribution < -0.4 is 5.32 Å². The zero-order chi connectivity index (χ0) is 10.7. The average Bonchev–Trinajstić information content (AvgIpc) is 3.02. The molecule has 0 amide bonds. The second-order valence-corrected chi connectivity index (χ2v) is 3.99. The van der Waals surface area contributed by atoms with Crippen LogP contribution in [-0.4, -0.2) is 6.54 Å². The zero-order valence-corrected chi connectivity index (χ0v) is 8.46. The van der Waals surface area contributed by atoms with Gasteiger partial charge in [-0.15, -0.1) is 0 Å². The molecule has 0 unspecified atom stereocenters. The maximum absolute atomic E-state index is 12.9. The molecule has 1 saturated carbocycles. The molecule has 2 nitrogen and oxygen atoms in total. The predicted octanol–water partition coefficient (Wildman–Crippen LogP) is 2.20. The van der Waals surface area contributed by atoms with Crippen molar-refractivity contribution in [1.82, 2.24) is 5.32 Å². The van der Waals surface area contributed by atoms with Gasteiger partial charge in [0, 0.05) is 6.54 Å². The van der Waals surface area contributed by atoms with Crippen LogP contribution in [0, 0.1) is 23.1 Å². The summed E-state index contributed by atoms with van der Waals surface area (Å²) >= 11 is 0. The molecule has 1 aromatic carbocycles. The van der Waals surface area contributed by atoms with Crippen molar-refractivity contribution < 1.29 is 4.39 Å². The number of nitrogens with zero attached hydrogens (tertiary/aromatic N) is 1. The minimum Gasteiger partial charge on any atom is -0.312 e. The van der Waals surface area contributed by atoms with Gasteiger partial charge in [0.25, 0.3) is 0 Å². The number of hydrogen-bond donors (Lipinski definition) is 1. The Bertz CT molecular complexity index is 391. The van der Waals surface area contributed by atoms with Crippen molar-refractivity contribution in [1.29, 1.82) is 5.26 Å². The molecule has 3 heteroatoms. The standard InChI is InChI=1S/C12H13FN2/c13-12-4-3-10(6-14)11(5-12)8-15-7-9-1-2-9/h3-5,9,15H,1-2,7-8H2. The van der Waals surface area contributed by atoms with Crippen molar-refractivity contribution in [3.8, 4) is 6.07 Å². The highest BCUT2D eigenvalue weighted by Crippen LogP contribution is 2.27. The fourth-order valence-electron chi connectivity index (χ4n) is 1.55. The van der Waals surface area contributed by atoms with Crippen LogP contribution in [0.15, 0.2) is 18.2 Å². The van der Waals surface area contributed by atoms with Crippen LogP contribution in [-0.2, 0) is 6.54 Å². The number of benzene rings is 1. The summed E-state index contributed by atoms with van der Waals surface area (Å²) in [5, 5.41) is 12.1. The Labute approximate surface area is 88.7 Å². The Kier molecular flexibility index (Phi) is 2.98. The third-order valence-electron chi connectivity index (χ3n) is 2.63. The van der Waals surface area contributed by atoms with Crippen molar-refractivity contribution >= 4 is 0 Å². The van der Waals surface area contributed by atoms with Crippen molar-refractivity contribution in [3.05, 3.63) is 35.1 Å². The topological polar surface area (TPSA) is 35.8 Å². The lowest BCUT2D eigenvalue weighted by atomic mass is 10.1. The van der Waals surface area contributed by atoms with E-state index in [1.165, 1.54) is 31.0 Å². The van der Waals surface area contributed by atoms with Crippen LogP contribution in [0.4, 0.5) is 4.39 Å². The van der Waals surface area contributed by atoms with Gasteiger partial charge >= 0.3 is 0 Å². The van der Waals surface area contributed by atoms with Crippen molar-refractivity contribution in [2.75, 3.05) is 6.54 Å². The van der Waals surface area contributed by atoms with Gasteiger partial charge in [-0.3, -0.25) is 0 Å². The maximum Gasteiger partial charge on any atom is 0.123 e. The summed E-state index contributed by atoms with van der Waals surface area (Å²) in [7, 11) is 0. The highest BCUT2D eigenvalue weighted by atomic mass is 19.1. The first-order valence-corrected chi connectivity index (χ1v) is 5.19. The van der Waals surface area contributed by atoms with E-state index in [1.54, 1.807) is 0 Å². The minimum absolute atomic E-state index is 0.280. The molecular weight excluding hydrogens is 191 g/mol. The number of rotatable bonds is 4. The molecule has 0 bridgehead atoms. The SMILES string of the molecule is N#Cc1ccc(F)cc1CNCC1CC1. The Morgan fingerprint density at radius 2 is 2.27 bits per heavy atom. The van der Waals surface area contributed by atoms with E-state index < -0.39 is 0 Å². The van der Waals surface area contributed by atoms with E-state index in [0.717, 1.165) is 18.0 Å². The normalized spacial score (nSPS) is 14.9. The van der Waals surface area contributed by atoms with E-state index in [0.29, 0.717) is 12.1 Å². The lowest BCUT2D eigenvalue weighted by molar-refractivity contribution is 0.612. The van der Waals surface area contributed by atoms with Crippen molar-refractivity contribution in [2.24, 2.45) is 5.92 Å². The highest BCUT2D eigenvalue weighted by Gasteiger charge is 2.20. The molecule has 0 aromatic heterocycles. The van der Waals surface area contributed by atoms with Gasteiger partial charge in [0.15, 0.2) is 0 Å². The van der Waals surface area contributed by atoms with Crippen LogP contribution in [0.2, 0.25) is 0 Å². The van der Waals surface area contributed by atoms with Gasteiger partial charge in [0.1, 0.15) is 5.82 Å². The molecule has 1 N–H and O–H groups in total. The number of halogens is 1. The summed E-state index contributed by atoms with van der Waals surface area (Å²) in [6, 6.07) is 6.35. The van der Waals surface area contributed by atoms with Gasteiger partial charge in [0.05, 0.1) is 11.6 Å². The number of nitriles is 1. The van der Waals surface area contributed by atoms with Crippen LogP contribution in [0.1, 0.15) is 24.0 Å². The molecule has 78 valence electrons. The smallest absolute Gasteiger partial charge is 0.123 e. The van der Waals surface area contributed by atoms with Crippen LogP contribution >= 0.6 is 0 Å². The van der Waals surface area contributed by atoms with E-state index >= 15 is 0 Å². The predicted molar refractivity (Wildman–Crippen MR) is 55.5 cm³/mol. The zero-order valence-electron chi connectivity index (χ0n) is 8.46. The first-order valence-electron chi connectivity index (χ1n) is 5.19. The Morgan fingerprint density at radius 3 is 2.93 bits per heavy atom. The molecule has 0 heterocycles. The van der Waals surface area contributed by atoms with Crippen molar-refractivity contribution in [3.63, 3.8) is 0 Å². The van der Waals surface area contributed by atoms with Crippen molar-refractivity contribution in [2.45, 2.75) is 19.4 Å². The van der Waals surface area contributed by atoms with Gasteiger partial charge < -0.3 is 5.32 Å². The fraction of sp³-hybridized carbons (Fsp3) is 0.417. The Morgan fingerprint density at radius 1 is 1.47 bits per heavy atom. The fourth-order valence-corrected chi connectivity index (χ4v) is 1.55. The summed E-state index contributed by atoms with van der Waals surface area (Å²) in [6.45, 7) is 1.55. The summed E-state index contributed by atoms with van der Waals surface area (Å²) < 4.78 is 12.9. The summed E-state index contributed by atoms with van der Waals surface area (Å²) in [5.41, 5.74) is 1.30. The quantitative estimate of drug-likeness (QED) is 0.816. The molecular formula is C12H13FN2. The second-order valence-electron chi connectivity index (χ2n) is 3.99. The Hall–Kier alpha value is -1.40. The number of nitrogens with one attached hydrogen (secondary N) is 1. The molecule has 1 aliphatic rings. The van der Waals surface area contributed by atoms with E-state index in [-0.39, 0.29) is 5.82 Å². The third kappa shape index (κ3) is 2.77. The molecule has 0 saturated heterocycles. The second kappa shape index (κ2) is 4.41. The van der Waals surface area contributed by atoms with Gasteiger partial charge in [0.2, 0.25) is 0 Å². The van der Waals surface area contributed by atoms with Gasteiger partial charge in [-0.2, -0.15) is 5.26 Å². The highest BCUT2D eigenvalue weighted by molar-refractivity contribution is 5.37. The molecule has 15 heavy (non-hydrogen) atoms. The summed E-state index contributed by atoms with van der Waals surface area (Å²) in [5.74, 6) is 0.515. The first kappa shape index (κ1) is 10.1. The molecule has 2 rings (SSSR count). The van der Waals surface area contributed by atoms with Gasteiger partial charge in [-0.05, 0) is 49.1 Å². The summed E-state index contributed by atoms with van der Waals surface area (Å²) in [4.78, 5) is 0. The monoisotopic (exact) mass is 204 g/mol. The van der Waals surface area contributed by atoms with Gasteiger partial charge in [-0.25, -0.2) is 4.39 Å². The van der Waals surface area contributed by atoms with E-state index in [9.17, 15) is 4.39 Å². The summed E-state index contributed by atoms with van der Waals surface area (Å²) in [6.07, 6.45) is 2.59. The minimum atomic E-state index is -0.280. The van der Waals surface area contributed by atoms with Gasteiger partial charge in [-0.1, -0.05) is 0 Å². The molecule has 0 spiro atoms. The first-order chi connectivity index (χ1) is 7.29. The Balaban J connectivity index is 1.98.